The van der Waals surface area contributed by atoms with E-state index in [1.54, 1.807) is 24.3 Å². The molecule has 1 aliphatic heterocycles. The van der Waals surface area contributed by atoms with Gasteiger partial charge in [0.1, 0.15) is 12.2 Å². The fraction of sp³-hybridized carbons (Fsp3) is 0.227. The van der Waals surface area contributed by atoms with Crippen molar-refractivity contribution in [2.45, 2.75) is 13.8 Å². The van der Waals surface area contributed by atoms with Crippen molar-refractivity contribution < 1.29 is 23.9 Å². The minimum absolute atomic E-state index is 0.00116. The minimum atomic E-state index is -0.690. The number of benzene rings is 2. The molecule has 1 saturated heterocycles. The first-order valence-electron chi connectivity index (χ1n) is 9.53. The quantitative estimate of drug-likeness (QED) is 0.503. The number of rotatable bonds is 7. The third-order valence-electron chi connectivity index (χ3n) is 4.48. The average molecular weight is 444 g/mol. The summed E-state index contributed by atoms with van der Waals surface area (Å²) in [7, 11) is 1.49. The van der Waals surface area contributed by atoms with E-state index < -0.39 is 24.4 Å². The Morgan fingerprint density at radius 1 is 1.19 bits per heavy atom. The van der Waals surface area contributed by atoms with Gasteiger partial charge < -0.3 is 20.1 Å². The summed E-state index contributed by atoms with van der Waals surface area (Å²) in [6, 6.07) is 9.66. The van der Waals surface area contributed by atoms with Crippen LogP contribution >= 0.6 is 11.6 Å². The topological polar surface area (TPSA) is 97.0 Å². The van der Waals surface area contributed by atoms with E-state index in [0.29, 0.717) is 34.4 Å². The lowest BCUT2D eigenvalue weighted by Gasteiger charge is -2.12. The third-order valence-corrected chi connectivity index (χ3v) is 4.81. The van der Waals surface area contributed by atoms with Gasteiger partial charge in [0.15, 0.2) is 11.5 Å². The molecule has 3 rings (SSSR count). The molecule has 8 nitrogen and oxygen atoms in total. The molecular formula is C22H22ClN3O5. The molecule has 9 heteroatoms. The second-order valence-electron chi connectivity index (χ2n) is 6.75. The molecule has 31 heavy (non-hydrogen) atoms. The Bertz CT molecular complexity index is 1050. The number of urea groups is 1. The van der Waals surface area contributed by atoms with Crippen LogP contribution < -0.4 is 20.1 Å². The molecule has 0 bridgehead atoms. The number of nitrogens with zero attached hydrogens (tertiary/aromatic N) is 1. The summed E-state index contributed by atoms with van der Waals surface area (Å²) in [6.45, 7) is 3.77. The third kappa shape index (κ3) is 5.16. The summed E-state index contributed by atoms with van der Waals surface area (Å²) in [4.78, 5) is 38.1. The van der Waals surface area contributed by atoms with Crippen LogP contribution in [0.4, 0.5) is 10.5 Å². The standard InChI is InChI=1S/C22H22ClN3O5/c1-4-31-19-11-16(23)14(10-18(19)30-3)9-17-21(28)26(22(29)25-17)12-20(27)24-15-7-5-13(2)6-8-15/h5-11H,4,12H2,1-3H3,(H,24,27)(H,25,29)/b17-9-. The number of ether oxygens (including phenoxy) is 2. The number of methoxy groups -OCH3 is 1. The van der Waals surface area contributed by atoms with E-state index in [-0.39, 0.29) is 5.70 Å². The van der Waals surface area contributed by atoms with Crippen LogP contribution in [0.3, 0.4) is 0 Å². The van der Waals surface area contributed by atoms with Crippen LogP contribution in [0.15, 0.2) is 42.1 Å². The lowest BCUT2D eigenvalue weighted by atomic mass is 10.1. The lowest BCUT2D eigenvalue weighted by Crippen LogP contribution is -2.38. The van der Waals surface area contributed by atoms with Crippen molar-refractivity contribution >= 4 is 41.2 Å². The second-order valence-corrected chi connectivity index (χ2v) is 7.16. The maximum absolute atomic E-state index is 12.7. The van der Waals surface area contributed by atoms with Crippen molar-refractivity contribution in [3.8, 4) is 11.5 Å². The Labute approximate surface area is 184 Å². The predicted octanol–water partition coefficient (Wildman–Crippen LogP) is 3.59. The summed E-state index contributed by atoms with van der Waals surface area (Å²) in [6.07, 6.45) is 1.43. The van der Waals surface area contributed by atoms with Crippen LogP contribution in [0.5, 0.6) is 11.5 Å². The van der Waals surface area contributed by atoms with E-state index in [9.17, 15) is 14.4 Å². The zero-order valence-corrected chi connectivity index (χ0v) is 18.1. The summed E-state index contributed by atoms with van der Waals surface area (Å²) in [5.41, 5.74) is 2.08. The Balaban J connectivity index is 1.75. The van der Waals surface area contributed by atoms with Crippen LogP contribution in [0, 0.1) is 6.92 Å². The van der Waals surface area contributed by atoms with Gasteiger partial charge in [-0.15, -0.1) is 0 Å². The molecule has 0 aliphatic carbocycles. The molecule has 0 aromatic heterocycles. The molecule has 1 fully saturated rings. The number of hydrogen-bond donors (Lipinski definition) is 2. The van der Waals surface area contributed by atoms with Gasteiger partial charge in [-0.2, -0.15) is 0 Å². The second kappa shape index (κ2) is 9.53. The first-order valence-corrected chi connectivity index (χ1v) is 9.91. The van der Waals surface area contributed by atoms with Crippen molar-refractivity contribution in [1.29, 1.82) is 0 Å². The van der Waals surface area contributed by atoms with Crippen LogP contribution in [-0.4, -0.2) is 43.0 Å². The zero-order chi connectivity index (χ0) is 22.5. The Morgan fingerprint density at radius 2 is 1.90 bits per heavy atom. The van der Waals surface area contributed by atoms with Crippen LogP contribution in [0.1, 0.15) is 18.1 Å². The Hall–Kier alpha value is -3.52. The highest BCUT2D eigenvalue weighted by atomic mass is 35.5. The van der Waals surface area contributed by atoms with E-state index in [2.05, 4.69) is 10.6 Å². The number of halogens is 1. The number of amides is 4. The van der Waals surface area contributed by atoms with Gasteiger partial charge in [0.25, 0.3) is 5.91 Å². The van der Waals surface area contributed by atoms with E-state index >= 15 is 0 Å². The maximum Gasteiger partial charge on any atom is 0.329 e. The van der Waals surface area contributed by atoms with Gasteiger partial charge in [0.2, 0.25) is 5.91 Å². The number of nitrogens with one attached hydrogen (secondary N) is 2. The van der Waals surface area contributed by atoms with Gasteiger partial charge in [-0.05, 0) is 43.7 Å². The van der Waals surface area contributed by atoms with Crippen LogP contribution in [0.2, 0.25) is 5.02 Å². The summed E-state index contributed by atoms with van der Waals surface area (Å²) in [5, 5.41) is 5.45. The summed E-state index contributed by atoms with van der Waals surface area (Å²) >= 11 is 6.30. The fourth-order valence-electron chi connectivity index (χ4n) is 2.94. The SMILES string of the molecule is CCOc1cc(Cl)c(/C=C2\NC(=O)N(CC(=O)Nc3ccc(C)cc3)C2=O)cc1OC. The number of carbonyl (C=O) groups is 3. The van der Waals surface area contributed by atoms with Gasteiger partial charge in [0.05, 0.1) is 18.7 Å². The smallest absolute Gasteiger partial charge is 0.329 e. The van der Waals surface area contributed by atoms with Gasteiger partial charge in [-0.25, -0.2) is 9.69 Å². The molecular weight excluding hydrogens is 422 g/mol. The predicted molar refractivity (Wildman–Crippen MR) is 117 cm³/mol. The van der Waals surface area contributed by atoms with Crippen molar-refractivity contribution in [3.05, 3.63) is 58.2 Å². The first-order chi connectivity index (χ1) is 14.8. The van der Waals surface area contributed by atoms with Gasteiger partial charge in [-0.1, -0.05) is 29.3 Å². The largest absolute Gasteiger partial charge is 0.493 e. The zero-order valence-electron chi connectivity index (χ0n) is 17.3. The molecule has 1 aliphatic rings. The molecule has 4 amide bonds. The number of carbonyl (C=O) groups excluding carboxylic acids is 3. The molecule has 0 radical (unpaired) electrons. The van der Waals surface area contributed by atoms with E-state index in [1.807, 2.05) is 26.0 Å². The summed E-state index contributed by atoms with van der Waals surface area (Å²) < 4.78 is 10.8. The molecule has 0 unspecified atom stereocenters. The minimum Gasteiger partial charge on any atom is -0.493 e. The van der Waals surface area contributed by atoms with Gasteiger partial charge in [-0.3, -0.25) is 9.59 Å². The first kappa shape index (κ1) is 22.2. The average Bonchev–Trinajstić information content (AvgIpc) is 2.99. The molecule has 162 valence electrons. The number of hydrogen-bond acceptors (Lipinski definition) is 5. The van der Waals surface area contributed by atoms with Crippen LogP contribution in [-0.2, 0) is 9.59 Å². The fourth-order valence-corrected chi connectivity index (χ4v) is 3.15. The highest BCUT2D eigenvalue weighted by Gasteiger charge is 2.35. The molecule has 0 spiro atoms. The molecule has 0 saturated carbocycles. The maximum atomic E-state index is 12.7. The summed E-state index contributed by atoms with van der Waals surface area (Å²) in [5.74, 6) is -0.222. The van der Waals surface area contributed by atoms with Gasteiger partial charge in [0, 0.05) is 11.8 Å². The highest BCUT2D eigenvalue weighted by Crippen LogP contribution is 2.34. The van der Waals surface area contributed by atoms with Crippen LogP contribution in [0.25, 0.3) is 6.08 Å². The Kier molecular flexibility index (Phi) is 6.81. The Morgan fingerprint density at radius 3 is 2.55 bits per heavy atom. The number of imide groups is 1. The van der Waals surface area contributed by atoms with Crippen molar-refractivity contribution in [2.75, 3.05) is 25.6 Å². The normalized spacial score (nSPS) is 14.6. The molecule has 2 aromatic rings. The van der Waals surface area contributed by atoms with E-state index in [1.165, 1.54) is 13.2 Å². The monoisotopic (exact) mass is 443 g/mol. The number of anilines is 1. The van der Waals surface area contributed by atoms with Crippen molar-refractivity contribution in [3.63, 3.8) is 0 Å². The van der Waals surface area contributed by atoms with Gasteiger partial charge >= 0.3 is 6.03 Å². The molecule has 0 atom stereocenters. The van der Waals surface area contributed by atoms with E-state index in [4.69, 9.17) is 21.1 Å². The molecule has 1 heterocycles. The van der Waals surface area contributed by atoms with E-state index in [0.717, 1.165) is 10.5 Å². The van der Waals surface area contributed by atoms with Crippen molar-refractivity contribution in [1.82, 2.24) is 10.2 Å². The number of aryl methyl sites for hydroxylation is 1. The molecule has 2 aromatic carbocycles. The lowest BCUT2D eigenvalue weighted by molar-refractivity contribution is -0.127. The highest BCUT2D eigenvalue weighted by molar-refractivity contribution is 6.32. The molecule has 2 N–H and O–H groups in total. The van der Waals surface area contributed by atoms with Crippen molar-refractivity contribution in [2.24, 2.45) is 0 Å².